The van der Waals surface area contributed by atoms with Crippen LogP contribution in [0.2, 0.25) is 0 Å². The molecule has 0 fully saturated rings. The second kappa shape index (κ2) is 10.1. The van der Waals surface area contributed by atoms with Gasteiger partial charge in [0.2, 0.25) is 0 Å². The van der Waals surface area contributed by atoms with E-state index in [4.69, 9.17) is 9.47 Å². The van der Waals surface area contributed by atoms with Gasteiger partial charge in [0.1, 0.15) is 11.5 Å². The lowest BCUT2D eigenvalue weighted by Gasteiger charge is -2.15. The van der Waals surface area contributed by atoms with Crippen LogP contribution in [0.15, 0.2) is 72.8 Å². The first-order valence-electron chi connectivity index (χ1n) is 9.57. The molecule has 0 radical (unpaired) electrons. The number of nitrogens with one attached hydrogen (secondary N) is 2. The molecule has 0 spiro atoms. The molecule has 0 bridgehead atoms. The fraction of sp³-hybridized carbons (Fsp3) is 0.167. The molecule has 0 saturated heterocycles. The molecule has 2 N–H and O–H groups in total. The standard InChI is InChI=1S/C24H24N2O4/c1-29-19-13-11-18(12-14-19)23(27)26-22-20(9-6-10-21(22)30-2)24(28)25-16-15-17-7-4-3-5-8-17/h3-14H,15-16H2,1-2H3,(H,25,28)(H,26,27). The first-order valence-corrected chi connectivity index (χ1v) is 9.57. The fourth-order valence-electron chi connectivity index (χ4n) is 3.01. The molecule has 3 aromatic rings. The Morgan fingerprint density at radius 3 is 2.20 bits per heavy atom. The number of anilines is 1. The number of benzene rings is 3. The number of hydrogen-bond donors (Lipinski definition) is 2. The van der Waals surface area contributed by atoms with Crippen molar-refractivity contribution in [1.82, 2.24) is 5.32 Å². The maximum absolute atomic E-state index is 12.8. The molecule has 0 saturated carbocycles. The molecule has 0 atom stereocenters. The lowest BCUT2D eigenvalue weighted by molar-refractivity contribution is 0.0954. The third-order valence-electron chi connectivity index (χ3n) is 4.62. The highest BCUT2D eigenvalue weighted by atomic mass is 16.5. The maximum atomic E-state index is 12.8. The van der Waals surface area contributed by atoms with Crippen LogP contribution >= 0.6 is 0 Å². The summed E-state index contributed by atoms with van der Waals surface area (Å²) in [4.78, 5) is 25.5. The van der Waals surface area contributed by atoms with E-state index in [2.05, 4.69) is 10.6 Å². The quantitative estimate of drug-likeness (QED) is 0.596. The van der Waals surface area contributed by atoms with Gasteiger partial charge in [-0.3, -0.25) is 9.59 Å². The third kappa shape index (κ3) is 5.17. The van der Waals surface area contributed by atoms with E-state index in [-0.39, 0.29) is 11.8 Å². The van der Waals surface area contributed by atoms with E-state index in [9.17, 15) is 9.59 Å². The molecule has 6 nitrogen and oxygen atoms in total. The van der Waals surface area contributed by atoms with Crippen molar-refractivity contribution >= 4 is 17.5 Å². The highest BCUT2D eigenvalue weighted by Crippen LogP contribution is 2.29. The molecule has 3 aromatic carbocycles. The van der Waals surface area contributed by atoms with Crippen molar-refractivity contribution in [3.8, 4) is 11.5 Å². The lowest BCUT2D eigenvalue weighted by atomic mass is 10.1. The summed E-state index contributed by atoms with van der Waals surface area (Å²) in [6, 6.07) is 21.7. The average Bonchev–Trinajstić information content (AvgIpc) is 2.79. The highest BCUT2D eigenvalue weighted by Gasteiger charge is 2.18. The molecule has 0 aliphatic carbocycles. The van der Waals surface area contributed by atoms with Crippen LogP contribution in [0.5, 0.6) is 11.5 Å². The van der Waals surface area contributed by atoms with Gasteiger partial charge in [-0.15, -0.1) is 0 Å². The number of amides is 2. The molecule has 154 valence electrons. The molecule has 0 unspecified atom stereocenters. The Bertz CT molecular complexity index is 1000. The molecule has 0 aliphatic heterocycles. The Balaban J connectivity index is 1.74. The normalized spacial score (nSPS) is 10.2. The molecular formula is C24H24N2O4. The van der Waals surface area contributed by atoms with Crippen LogP contribution in [-0.2, 0) is 6.42 Å². The minimum Gasteiger partial charge on any atom is -0.497 e. The fourth-order valence-corrected chi connectivity index (χ4v) is 3.01. The van der Waals surface area contributed by atoms with Crippen molar-refractivity contribution in [2.24, 2.45) is 0 Å². The van der Waals surface area contributed by atoms with Gasteiger partial charge in [-0.2, -0.15) is 0 Å². The number of carbonyl (C=O) groups is 2. The van der Waals surface area contributed by atoms with Gasteiger partial charge in [0, 0.05) is 12.1 Å². The molecule has 30 heavy (non-hydrogen) atoms. The number of ether oxygens (including phenoxy) is 2. The molecule has 0 aliphatic rings. The first kappa shape index (κ1) is 20.9. The number of para-hydroxylation sites is 1. The molecule has 0 heterocycles. The van der Waals surface area contributed by atoms with Gasteiger partial charge in [0.25, 0.3) is 11.8 Å². The van der Waals surface area contributed by atoms with E-state index >= 15 is 0 Å². The predicted octanol–water partition coefficient (Wildman–Crippen LogP) is 3.93. The average molecular weight is 404 g/mol. The van der Waals surface area contributed by atoms with E-state index in [1.807, 2.05) is 30.3 Å². The van der Waals surface area contributed by atoms with Crippen LogP contribution in [-0.4, -0.2) is 32.6 Å². The van der Waals surface area contributed by atoms with Crippen molar-refractivity contribution in [3.63, 3.8) is 0 Å². The van der Waals surface area contributed by atoms with Crippen molar-refractivity contribution in [2.45, 2.75) is 6.42 Å². The van der Waals surface area contributed by atoms with Gasteiger partial charge < -0.3 is 20.1 Å². The first-order chi connectivity index (χ1) is 14.6. The Labute approximate surface area is 175 Å². The SMILES string of the molecule is COc1ccc(C(=O)Nc2c(OC)cccc2C(=O)NCCc2ccccc2)cc1. The lowest BCUT2D eigenvalue weighted by Crippen LogP contribution is -2.27. The van der Waals surface area contributed by atoms with Gasteiger partial charge in [0.05, 0.1) is 25.5 Å². The second-order valence-electron chi connectivity index (χ2n) is 6.56. The van der Waals surface area contributed by atoms with Crippen LogP contribution in [0, 0.1) is 0 Å². The third-order valence-corrected chi connectivity index (χ3v) is 4.62. The van der Waals surface area contributed by atoms with Crippen LogP contribution in [0.3, 0.4) is 0 Å². The van der Waals surface area contributed by atoms with Crippen LogP contribution in [0.4, 0.5) is 5.69 Å². The predicted molar refractivity (Wildman–Crippen MR) is 116 cm³/mol. The largest absolute Gasteiger partial charge is 0.497 e. The summed E-state index contributed by atoms with van der Waals surface area (Å²) >= 11 is 0. The maximum Gasteiger partial charge on any atom is 0.255 e. The Hall–Kier alpha value is -3.80. The van der Waals surface area contributed by atoms with E-state index in [1.54, 1.807) is 49.6 Å². The second-order valence-corrected chi connectivity index (χ2v) is 6.56. The minimum atomic E-state index is -0.347. The molecule has 3 rings (SSSR count). The zero-order chi connectivity index (χ0) is 21.3. The summed E-state index contributed by atoms with van der Waals surface area (Å²) in [5, 5.41) is 5.71. The van der Waals surface area contributed by atoms with Crippen molar-refractivity contribution in [1.29, 1.82) is 0 Å². The summed E-state index contributed by atoms with van der Waals surface area (Å²) < 4.78 is 10.5. The molecule has 0 aromatic heterocycles. The van der Waals surface area contributed by atoms with Gasteiger partial charge in [0.15, 0.2) is 0 Å². The van der Waals surface area contributed by atoms with Crippen molar-refractivity contribution < 1.29 is 19.1 Å². The summed E-state index contributed by atoms with van der Waals surface area (Å²) in [5.41, 5.74) is 2.25. The summed E-state index contributed by atoms with van der Waals surface area (Å²) in [7, 11) is 3.06. The highest BCUT2D eigenvalue weighted by molar-refractivity contribution is 6.10. The number of hydrogen-bond acceptors (Lipinski definition) is 4. The number of rotatable bonds is 8. The molecular weight excluding hydrogens is 380 g/mol. The zero-order valence-electron chi connectivity index (χ0n) is 17.0. The van der Waals surface area contributed by atoms with E-state index in [0.717, 1.165) is 5.56 Å². The van der Waals surface area contributed by atoms with Gasteiger partial charge in [-0.05, 0) is 48.4 Å². The van der Waals surface area contributed by atoms with Crippen molar-refractivity contribution in [3.05, 3.63) is 89.5 Å². The summed E-state index contributed by atoms with van der Waals surface area (Å²) in [5.74, 6) is 0.435. The Morgan fingerprint density at radius 1 is 0.800 bits per heavy atom. The molecule has 6 heteroatoms. The van der Waals surface area contributed by atoms with Crippen molar-refractivity contribution in [2.75, 3.05) is 26.1 Å². The van der Waals surface area contributed by atoms with Gasteiger partial charge in [-0.1, -0.05) is 36.4 Å². The van der Waals surface area contributed by atoms with E-state index in [1.165, 1.54) is 7.11 Å². The smallest absolute Gasteiger partial charge is 0.255 e. The van der Waals surface area contributed by atoms with Crippen LogP contribution in [0.1, 0.15) is 26.3 Å². The number of carbonyl (C=O) groups excluding carboxylic acids is 2. The Morgan fingerprint density at radius 2 is 1.53 bits per heavy atom. The zero-order valence-corrected chi connectivity index (χ0v) is 17.0. The Kier molecular flexibility index (Phi) is 7.05. The van der Waals surface area contributed by atoms with Crippen LogP contribution < -0.4 is 20.1 Å². The van der Waals surface area contributed by atoms with Gasteiger partial charge in [-0.25, -0.2) is 0 Å². The molecule has 2 amide bonds. The van der Waals surface area contributed by atoms with E-state index < -0.39 is 0 Å². The monoisotopic (exact) mass is 404 g/mol. The van der Waals surface area contributed by atoms with Crippen LogP contribution in [0.25, 0.3) is 0 Å². The van der Waals surface area contributed by atoms with Gasteiger partial charge >= 0.3 is 0 Å². The summed E-state index contributed by atoms with van der Waals surface area (Å²) in [6.45, 7) is 0.478. The van der Waals surface area contributed by atoms with E-state index in [0.29, 0.717) is 41.3 Å². The number of methoxy groups -OCH3 is 2. The minimum absolute atomic E-state index is 0.283. The topological polar surface area (TPSA) is 76.7 Å². The summed E-state index contributed by atoms with van der Waals surface area (Å²) in [6.07, 6.45) is 0.712.